The second-order valence-corrected chi connectivity index (χ2v) is 4.84. The molecule has 0 unspecified atom stereocenters. The maximum atomic E-state index is 12.6. The summed E-state index contributed by atoms with van der Waals surface area (Å²) in [7, 11) is 0. The van der Waals surface area contributed by atoms with Gasteiger partial charge in [-0.25, -0.2) is 9.97 Å². The van der Waals surface area contributed by atoms with Crippen LogP contribution in [0.15, 0.2) is 59.0 Å². The molecule has 0 saturated carbocycles. The summed E-state index contributed by atoms with van der Waals surface area (Å²) in [5.74, 6) is -0.805. The Morgan fingerprint density at radius 1 is 0.909 bits per heavy atom. The lowest BCUT2D eigenvalue weighted by Crippen LogP contribution is -2.01. The molecule has 0 amide bonds. The Balaban J connectivity index is 1.99. The van der Waals surface area contributed by atoms with Gasteiger partial charge in [-0.2, -0.15) is 0 Å². The standard InChI is InChI=1S/C17H10N2O3/c20-15(10-6-2-1-3-7-10)13-14-16(22-17(13)21)19-12-9-5-4-8-11(12)18-14/h1-9,21H. The molecule has 0 atom stereocenters. The Kier molecular flexibility index (Phi) is 2.66. The molecule has 2 aromatic carbocycles. The molecule has 0 aliphatic heterocycles. The summed E-state index contributed by atoms with van der Waals surface area (Å²) in [5, 5.41) is 10.0. The molecule has 1 N–H and O–H groups in total. The van der Waals surface area contributed by atoms with Crippen LogP contribution >= 0.6 is 0 Å². The number of hydrogen-bond donors (Lipinski definition) is 1. The molecule has 2 heterocycles. The molecule has 0 radical (unpaired) electrons. The second kappa shape index (κ2) is 4.66. The van der Waals surface area contributed by atoms with Crippen LogP contribution in [0.25, 0.3) is 22.3 Å². The highest BCUT2D eigenvalue weighted by Crippen LogP contribution is 2.31. The van der Waals surface area contributed by atoms with Crippen molar-refractivity contribution < 1.29 is 14.3 Å². The van der Waals surface area contributed by atoms with Gasteiger partial charge >= 0.3 is 0 Å². The largest absolute Gasteiger partial charge is 0.480 e. The van der Waals surface area contributed by atoms with E-state index in [9.17, 15) is 9.90 Å². The van der Waals surface area contributed by atoms with Crippen LogP contribution in [0, 0.1) is 0 Å². The highest BCUT2D eigenvalue weighted by Gasteiger charge is 2.24. The van der Waals surface area contributed by atoms with Gasteiger partial charge in [-0.3, -0.25) is 4.79 Å². The van der Waals surface area contributed by atoms with Crippen molar-refractivity contribution in [3.8, 4) is 5.95 Å². The van der Waals surface area contributed by atoms with Gasteiger partial charge in [0.2, 0.25) is 5.78 Å². The molecule has 5 nitrogen and oxygen atoms in total. The number of rotatable bonds is 2. The van der Waals surface area contributed by atoms with E-state index in [0.29, 0.717) is 16.6 Å². The number of carbonyl (C=O) groups is 1. The van der Waals surface area contributed by atoms with Crippen molar-refractivity contribution in [3.63, 3.8) is 0 Å². The third-order valence-corrected chi connectivity index (χ3v) is 3.45. The lowest BCUT2D eigenvalue weighted by Gasteiger charge is -1.99. The predicted octanol–water partition coefficient (Wildman–Crippen LogP) is 3.31. The smallest absolute Gasteiger partial charge is 0.297 e. The van der Waals surface area contributed by atoms with E-state index in [1.807, 2.05) is 18.2 Å². The van der Waals surface area contributed by atoms with Crippen molar-refractivity contribution >= 4 is 28.0 Å². The van der Waals surface area contributed by atoms with E-state index in [1.54, 1.807) is 36.4 Å². The Hall–Kier alpha value is -3.21. The molecule has 0 fully saturated rings. The van der Waals surface area contributed by atoms with Gasteiger partial charge in [-0.05, 0) is 12.1 Å². The van der Waals surface area contributed by atoms with Crippen LogP contribution in [0.1, 0.15) is 15.9 Å². The summed E-state index contributed by atoms with van der Waals surface area (Å²) in [6.07, 6.45) is 0. The molecule has 0 aliphatic carbocycles. The molecule has 0 spiro atoms. The van der Waals surface area contributed by atoms with E-state index in [0.717, 1.165) is 0 Å². The van der Waals surface area contributed by atoms with E-state index in [1.165, 1.54) is 0 Å². The molecule has 5 heteroatoms. The maximum Gasteiger partial charge on any atom is 0.297 e. The van der Waals surface area contributed by atoms with Crippen molar-refractivity contribution in [1.82, 2.24) is 9.97 Å². The molecule has 106 valence electrons. The number of carbonyl (C=O) groups excluding carboxylic acids is 1. The van der Waals surface area contributed by atoms with Gasteiger partial charge in [-0.1, -0.05) is 42.5 Å². The zero-order chi connectivity index (χ0) is 15.1. The van der Waals surface area contributed by atoms with Gasteiger partial charge in [0.25, 0.3) is 11.7 Å². The summed E-state index contributed by atoms with van der Waals surface area (Å²) < 4.78 is 5.21. The number of para-hydroxylation sites is 2. The SMILES string of the molecule is O=C(c1ccccc1)c1c(O)oc2nc3ccccc3nc12. The number of fused-ring (bicyclic) bond motifs is 2. The molecule has 22 heavy (non-hydrogen) atoms. The van der Waals surface area contributed by atoms with Crippen molar-refractivity contribution in [2.75, 3.05) is 0 Å². The third kappa shape index (κ3) is 1.83. The van der Waals surface area contributed by atoms with Crippen LogP contribution in [0.5, 0.6) is 5.95 Å². The number of benzene rings is 2. The lowest BCUT2D eigenvalue weighted by molar-refractivity contribution is 0.103. The number of nitrogens with zero attached hydrogens (tertiary/aromatic N) is 2. The van der Waals surface area contributed by atoms with Crippen LogP contribution in [0.3, 0.4) is 0 Å². The Morgan fingerprint density at radius 3 is 2.27 bits per heavy atom. The summed E-state index contributed by atoms with van der Waals surface area (Å²) >= 11 is 0. The van der Waals surface area contributed by atoms with Crippen molar-refractivity contribution in [2.45, 2.75) is 0 Å². The van der Waals surface area contributed by atoms with Gasteiger partial charge in [0, 0.05) is 5.56 Å². The first-order valence-corrected chi connectivity index (χ1v) is 6.72. The molecular formula is C17H10N2O3. The summed E-state index contributed by atoms with van der Waals surface area (Å²) in [4.78, 5) is 21.3. The van der Waals surface area contributed by atoms with Gasteiger partial charge in [-0.15, -0.1) is 0 Å². The zero-order valence-corrected chi connectivity index (χ0v) is 11.4. The topological polar surface area (TPSA) is 76.2 Å². The van der Waals surface area contributed by atoms with Gasteiger partial charge in [0.1, 0.15) is 11.1 Å². The fraction of sp³-hybridized carbons (Fsp3) is 0. The number of aromatic hydroxyl groups is 1. The van der Waals surface area contributed by atoms with Crippen LogP contribution in [0.4, 0.5) is 0 Å². The minimum absolute atomic E-state index is 0.0412. The molecular weight excluding hydrogens is 280 g/mol. The van der Waals surface area contributed by atoms with E-state index in [-0.39, 0.29) is 22.6 Å². The lowest BCUT2D eigenvalue weighted by atomic mass is 10.1. The maximum absolute atomic E-state index is 12.6. The summed E-state index contributed by atoms with van der Waals surface area (Å²) in [6, 6.07) is 15.9. The first kappa shape index (κ1) is 12.5. The number of furan rings is 1. The van der Waals surface area contributed by atoms with Gasteiger partial charge in [0.15, 0.2) is 0 Å². The normalized spacial score (nSPS) is 11.1. The molecule has 4 aromatic rings. The highest BCUT2D eigenvalue weighted by molar-refractivity contribution is 6.16. The number of ketones is 1. The van der Waals surface area contributed by atoms with Crippen molar-refractivity contribution in [1.29, 1.82) is 0 Å². The highest BCUT2D eigenvalue weighted by atomic mass is 16.5. The van der Waals surface area contributed by atoms with Crippen LogP contribution in [0.2, 0.25) is 0 Å². The number of aromatic nitrogens is 2. The fourth-order valence-electron chi connectivity index (χ4n) is 2.40. The van der Waals surface area contributed by atoms with E-state index in [2.05, 4.69) is 9.97 Å². The molecule has 0 aliphatic rings. The van der Waals surface area contributed by atoms with E-state index < -0.39 is 5.95 Å². The first-order chi connectivity index (χ1) is 10.7. The number of hydrogen-bond acceptors (Lipinski definition) is 5. The zero-order valence-electron chi connectivity index (χ0n) is 11.4. The second-order valence-electron chi connectivity index (χ2n) is 4.84. The molecule has 4 rings (SSSR count). The molecule has 0 saturated heterocycles. The summed E-state index contributed by atoms with van der Waals surface area (Å²) in [5.41, 5.74) is 2.19. The van der Waals surface area contributed by atoms with Crippen LogP contribution in [-0.4, -0.2) is 20.9 Å². The first-order valence-electron chi connectivity index (χ1n) is 6.72. The quantitative estimate of drug-likeness (QED) is 0.573. The average molecular weight is 290 g/mol. The van der Waals surface area contributed by atoms with Crippen LogP contribution < -0.4 is 0 Å². The summed E-state index contributed by atoms with van der Waals surface area (Å²) in [6.45, 7) is 0. The fourth-order valence-corrected chi connectivity index (χ4v) is 2.40. The minimum atomic E-state index is -0.459. The Bertz CT molecular complexity index is 1010. The van der Waals surface area contributed by atoms with Gasteiger partial charge in [0.05, 0.1) is 11.0 Å². The van der Waals surface area contributed by atoms with E-state index >= 15 is 0 Å². The third-order valence-electron chi connectivity index (χ3n) is 3.45. The predicted molar refractivity (Wildman–Crippen MR) is 80.8 cm³/mol. The molecule has 2 aromatic heterocycles. The van der Waals surface area contributed by atoms with Crippen molar-refractivity contribution in [3.05, 3.63) is 65.7 Å². The molecule has 0 bridgehead atoms. The van der Waals surface area contributed by atoms with Crippen LogP contribution in [-0.2, 0) is 0 Å². The van der Waals surface area contributed by atoms with Crippen molar-refractivity contribution in [2.24, 2.45) is 0 Å². The van der Waals surface area contributed by atoms with E-state index in [4.69, 9.17) is 4.42 Å². The average Bonchev–Trinajstić information content (AvgIpc) is 2.87. The minimum Gasteiger partial charge on any atom is -0.480 e. The Morgan fingerprint density at radius 2 is 1.55 bits per heavy atom. The Labute approximate surface area is 124 Å². The monoisotopic (exact) mass is 290 g/mol. The van der Waals surface area contributed by atoms with Gasteiger partial charge < -0.3 is 9.52 Å².